The number of ether oxygens (including phenoxy) is 1. The molecule has 1 aromatic heterocycles. The highest BCUT2D eigenvalue weighted by atomic mass is 35.5. The van der Waals surface area contributed by atoms with Crippen molar-refractivity contribution in [1.29, 1.82) is 0 Å². The third-order valence-electron chi connectivity index (χ3n) is 7.80. The van der Waals surface area contributed by atoms with E-state index in [1.165, 1.54) is 0 Å². The van der Waals surface area contributed by atoms with E-state index in [2.05, 4.69) is 15.5 Å². The summed E-state index contributed by atoms with van der Waals surface area (Å²) in [6, 6.07) is 26.3. The number of anilines is 1. The Morgan fingerprint density at radius 3 is 2.39 bits per heavy atom. The van der Waals surface area contributed by atoms with Crippen molar-refractivity contribution in [2.24, 2.45) is 5.92 Å². The number of aromatic nitrogens is 2. The molecule has 2 atom stereocenters. The molecule has 2 bridgehead atoms. The maximum absolute atomic E-state index is 13.6. The fourth-order valence-corrected chi connectivity index (χ4v) is 5.87. The summed E-state index contributed by atoms with van der Waals surface area (Å²) in [5, 5.41) is 8.31. The number of carbonyl (C=O) groups excluding carboxylic acids is 1. The molecule has 3 saturated heterocycles. The van der Waals surface area contributed by atoms with E-state index in [1.54, 1.807) is 0 Å². The molecule has 4 heterocycles. The molecule has 4 aromatic rings. The second kappa shape index (κ2) is 10.6. The van der Waals surface area contributed by atoms with Crippen molar-refractivity contribution >= 4 is 23.3 Å². The molecule has 0 aliphatic carbocycles. The van der Waals surface area contributed by atoms with Gasteiger partial charge in [0.2, 0.25) is 5.82 Å². The molecule has 3 aliphatic heterocycles. The molecule has 7 nitrogen and oxygen atoms in total. The van der Waals surface area contributed by atoms with Crippen LogP contribution in [0, 0.1) is 5.92 Å². The van der Waals surface area contributed by atoms with Gasteiger partial charge in [0.15, 0.2) is 12.1 Å². The van der Waals surface area contributed by atoms with Crippen LogP contribution in [0.1, 0.15) is 30.3 Å². The van der Waals surface area contributed by atoms with Crippen LogP contribution in [0.25, 0.3) is 11.5 Å². The highest BCUT2D eigenvalue weighted by Crippen LogP contribution is 2.38. The van der Waals surface area contributed by atoms with E-state index in [9.17, 15) is 4.79 Å². The fourth-order valence-electron chi connectivity index (χ4n) is 5.75. The van der Waals surface area contributed by atoms with Crippen molar-refractivity contribution in [3.63, 3.8) is 0 Å². The van der Waals surface area contributed by atoms with Crippen molar-refractivity contribution in [3.05, 3.63) is 101 Å². The average molecular weight is 530 g/mol. The van der Waals surface area contributed by atoms with Crippen molar-refractivity contribution in [3.8, 4) is 11.5 Å². The minimum atomic E-state index is -0.582. The van der Waals surface area contributed by atoms with Crippen LogP contribution in [-0.2, 0) is 16.1 Å². The first-order chi connectivity index (χ1) is 18.6. The van der Waals surface area contributed by atoms with Crippen LogP contribution in [0.15, 0.2) is 89.5 Å². The number of quaternary nitrogens is 1. The lowest BCUT2D eigenvalue weighted by atomic mass is 9.83. The number of fused-ring (bicyclic) bond motifs is 3. The second-order valence-corrected chi connectivity index (χ2v) is 10.8. The molecule has 0 spiro atoms. The molecular weight excluding hydrogens is 500 g/mol. The number of hydrogen-bond donors (Lipinski definition) is 1. The Labute approximate surface area is 227 Å². The number of piperidine rings is 3. The molecule has 8 heteroatoms. The van der Waals surface area contributed by atoms with Crippen LogP contribution in [0.2, 0.25) is 5.02 Å². The number of rotatable bonds is 8. The Kier molecular flexibility index (Phi) is 6.87. The molecule has 0 radical (unpaired) electrons. The Morgan fingerprint density at radius 2 is 1.68 bits per heavy atom. The number of para-hydroxylation sites is 1. The minimum Gasteiger partial charge on any atom is -0.454 e. The van der Waals surface area contributed by atoms with Crippen molar-refractivity contribution in [2.75, 3.05) is 25.0 Å². The number of esters is 1. The summed E-state index contributed by atoms with van der Waals surface area (Å²) in [4.78, 5) is 18.3. The van der Waals surface area contributed by atoms with Crippen LogP contribution in [0.5, 0.6) is 0 Å². The smallest absolute Gasteiger partial charge is 0.333 e. The number of halogens is 1. The summed E-state index contributed by atoms with van der Waals surface area (Å²) in [5.41, 5.74) is 2.60. The quantitative estimate of drug-likeness (QED) is 0.226. The van der Waals surface area contributed by atoms with E-state index in [-0.39, 0.29) is 12.1 Å². The predicted molar refractivity (Wildman–Crippen MR) is 145 cm³/mol. The summed E-state index contributed by atoms with van der Waals surface area (Å²) in [5.74, 6) is 1.29. The van der Waals surface area contributed by atoms with E-state index >= 15 is 0 Å². The Balaban J connectivity index is 1.17. The van der Waals surface area contributed by atoms with Crippen molar-refractivity contribution < 1.29 is 18.5 Å². The van der Waals surface area contributed by atoms with Crippen LogP contribution < -0.4 is 5.32 Å². The van der Waals surface area contributed by atoms with Gasteiger partial charge in [0.05, 0.1) is 13.1 Å². The molecule has 3 aromatic carbocycles. The number of carbonyl (C=O) groups is 1. The van der Waals surface area contributed by atoms with Crippen LogP contribution >= 0.6 is 11.6 Å². The molecule has 3 aliphatic rings. The Bertz CT molecular complexity index is 1370. The topological polar surface area (TPSA) is 77.2 Å². The van der Waals surface area contributed by atoms with Gasteiger partial charge in [-0.15, -0.1) is 0 Å². The number of nitrogens with zero attached hydrogens (tertiary/aromatic N) is 3. The van der Waals surface area contributed by atoms with E-state index in [0.29, 0.717) is 29.2 Å². The van der Waals surface area contributed by atoms with Gasteiger partial charge in [-0.3, -0.25) is 0 Å². The van der Waals surface area contributed by atoms with E-state index < -0.39 is 6.04 Å². The molecular formula is C30H30ClN4O3+. The average Bonchev–Trinajstić information content (AvgIpc) is 3.41. The zero-order chi connectivity index (χ0) is 26.0. The summed E-state index contributed by atoms with van der Waals surface area (Å²) in [6.07, 6.45) is 1.89. The van der Waals surface area contributed by atoms with Crippen LogP contribution in [0.3, 0.4) is 0 Å². The molecule has 1 N–H and O–H groups in total. The summed E-state index contributed by atoms with van der Waals surface area (Å²) in [7, 11) is 0. The van der Waals surface area contributed by atoms with Crippen molar-refractivity contribution in [2.45, 2.75) is 31.5 Å². The van der Waals surface area contributed by atoms with Gasteiger partial charge in [0.25, 0.3) is 5.89 Å². The van der Waals surface area contributed by atoms with Gasteiger partial charge in [-0.1, -0.05) is 65.3 Å². The maximum atomic E-state index is 13.6. The SMILES string of the molecule is O=C(O[C@H]1C[N+]2(Cc3noc(-c4ccc(Cl)cc4)n3)CCC1CC2)[C@H](Nc1ccccc1)c1ccccc1. The second-order valence-electron chi connectivity index (χ2n) is 10.3. The van der Waals surface area contributed by atoms with Crippen molar-refractivity contribution in [1.82, 2.24) is 10.1 Å². The lowest BCUT2D eigenvalue weighted by Gasteiger charge is -2.51. The zero-order valence-corrected chi connectivity index (χ0v) is 21.8. The largest absolute Gasteiger partial charge is 0.454 e. The van der Waals surface area contributed by atoms with E-state index in [0.717, 1.165) is 53.8 Å². The molecule has 3 fully saturated rings. The van der Waals surface area contributed by atoms with Gasteiger partial charge in [-0.25, -0.2) is 4.79 Å². The number of nitrogens with one attached hydrogen (secondary N) is 1. The van der Waals surface area contributed by atoms with Gasteiger partial charge in [0.1, 0.15) is 13.1 Å². The Hall–Kier alpha value is -3.68. The fraction of sp³-hybridized carbons (Fsp3) is 0.300. The predicted octanol–water partition coefficient (Wildman–Crippen LogP) is 5.90. The van der Waals surface area contributed by atoms with Crippen LogP contribution in [0.4, 0.5) is 5.69 Å². The molecule has 7 rings (SSSR count). The standard InChI is InChI=1S/C30H30ClN4O3/c31-24-13-11-23(12-14-24)29-33-27(34-38-29)20-35-17-15-21(16-18-35)26(19-35)37-30(36)28(22-7-3-1-4-8-22)32-25-9-5-2-6-10-25/h1-14,21,26,28,32H,15-20H2/q+1/t21?,26-,28+,35?/m0/s1. The third kappa shape index (κ3) is 5.30. The molecule has 0 saturated carbocycles. The summed E-state index contributed by atoms with van der Waals surface area (Å²) >= 11 is 6.01. The zero-order valence-electron chi connectivity index (χ0n) is 21.0. The van der Waals surface area contributed by atoms with E-state index in [4.69, 9.17) is 20.9 Å². The third-order valence-corrected chi connectivity index (χ3v) is 8.05. The summed E-state index contributed by atoms with van der Waals surface area (Å²) < 4.78 is 12.6. The van der Waals surface area contributed by atoms with Gasteiger partial charge in [0, 0.05) is 35.0 Å². The first-order valence-corrected chi connectivity index (χ1v) is 13.5. The van der Waals surface area contributed by atoms with Gasteiger partial charge in [-0.2, -0.15) is 4.98 Å². The van der Waals surface area contributed by atoms with Gasteiger partial charge in [-0.05, 0) is 42.0 Å². The molecule has 194 valence electrons. The highest BCUT2D eigenvalue weighted by Gasteiger charge is 2.48. The molecule has 0 amide bonds. The minimum absolute atomic E-state index is 0.142. The normalized spacial score (nSPS) is 23.1. The number of hydrogen-bond acceptors (Lipinski definition) is 6. The summed E-state index contributed by atoms with van der Waals surface area (Å²) in [6.45, 7) is 3.46. The lowest BCUT2D eigenvalue weighted by Crippen LogP contribution is -2.64. The first-order valence-electron chi connectivity index (χ1n) is 13.1. The highest BCUT2D eigenvalue weighted by molar-refractivity contribution is 6.30. The maximum Gasteiger partial charge on any atom is 0.333 e. The lowest BCUT2D eigenvalue weighted by molar-refractivity contribution is -0.958. The monoisotopic (exact) mass is 529 g/mol. The Morgan fingerprint density at radius 1 is 1.00 bits per heavy atom. The van der Waals surface area contributed by atoms with Crippen LogP contribution in [-0.4, -0.2) is 46.3 Å². The first kappa shape index (κ1) is 24.6. The van der Waals surface area contributed by atoms with E-state index in [1.807, 2.05) is 84.9 Å². The van der Waals surface area contributed by atoms with Gasteiger partial charge >= 0.3 is 5.97 Å². The molecule has 0 unspecified atom stereocenters. The van der Waals surface area contributed by atoms with Gasteiger partial charge < -0.3 is 19.1 Å². The number of benzene rings is 3. The molecule has 38 heavy (non-hydrogen) atoms.